The maximum Gasteiger partial charge on any atom is 0.303 e. The molecule has 18 heavy (non-hydrogen) atoms. The van der Waals surface area contributed by atoms with Crippen LogP contribution < -0.4 is 10.5 Å². The summed E-state index contributed by atoms with van der Waals surface area (Å²) < 4.78 is 5.39. The van der Waals surface area contributed by atoms with Gasteiger partial charge in [-0.1, -0.05) is 0 Å². The Labute approximate surface area is 105 Å². The second kappa shape index (κ2) is 5.27. The summed E-state index contributed by atoms with van der Waals surface area (Å²) in [4.78, 5) is 10.3. The predicted octanol–water partition coefficient (Wildman–Crippen LogP) is 1.06. The Bertz CT molecular complexity index is 459. The van der Waals surface area contributed by atoms with Crippen molar-refractivity contribution >= 4 is 5.97 Å². The Morgan fingerprint density at radius 2 is 2.06 bits per heavy atom. The molecule has 98 valence electrons. The molecule has 4 N–H and O–H groups in total. The highest BCUT2D eigenvalue weighted by atomic mass is 16.5. The lowest BCUT2D eigenvalue weighted by Crippen LogP contribution is -2.18. The molecule has 0 aromatic heterocycles. The van der Waals surface area contributed by atoms with Gasteiger partial charge in [0.15, 0.2) is 11.5 Å². The number of rotatable bonds is 5. The van der Waals surface area contributed by atoms with Gasteiger partial charge in [0.2, 0.25) is 0 Å². The maximum absolute atomic E-state index is 10.3. The van der Waals surface area contributed by atoms with E-state index in [1.165, 1.54) is 0 Å². The molecule has 5 heteroatoms. The van der Waals surface area contributed by atoms with Crippen molar-refractivity contribution in [3.05, 3.63) is 23.3 Å². The van der Waals surface area contributed by atoms with Crippen LogP contribution in [0.5, 0.6) is 11.5 Å². The zero-order valence-corrected chi connectivity index (χ0v) is 10.1. The van der Waals surface area contributed by atoms with Crippen LogP contribution in [0.15, 0.2) is 12.1 Å². The normalized spacial score (nSPS) is 17.5. The van der Waals surface area contributed by atoms with Crippen molar-refractivity contribution in [2.24, 2.45) is 5.73 Å². The lowest BCUT2D eigenvalue weighted by molar-refractivity contribution is -0.137. The van der Waals surface area contributed by atoms with Gasteiger partial charge in [-0.15, -0.1) is 0 Å². The minimum absolute atomic E-state index is 0.0660. The Morgan fingerprint density at radius 1 is 1.39 bits per heavy atom. The molecular formula is C13H17NO4. The van der Waals surface area contributed by atoms with E-state index >= 15 is 0 Å². The highest BCUT2D eigenvalue weighted by molar-refractivity contribution is 5.66. The van der Waals surface area contributed by atoms with Gasteiger partial charge in [-0.25, -0.2) is 0 Å². The number of carboxylic acid groups (broad SMARTS) is 1. The summed E-state index contributed by atoms with van der Waals surface area (Å²) in [5, 5.41) is 18.3. The first-order valence-corrected chi connectivity index (χ1v) is 6.01. The van der Waals surface area contributed by atoms with Gasteiger partial charge in [0.25, 0.3) is 0 Å². The smallest absolute Gasteiger partial charge is 0.303 e. The van der Waals surface area contributed by atoms with Crippen molar-refractivity contribution in [2.45, 2.75) is 31.7 Å². The van der Waals surface area contributed by atoms with Crippen LogP contribution in [0, 0.1) is 0 Å². The van der Waals surface area contributed by atoms with Crippen LogP contribution >= 0.6 is 0 Å². The SMILES string of the molecule is NC1Cc2cc(O)c(OCCCC(=O)O)cc2C1. The van der Waals surface area contributed by atoms with Gasteiger partial charge in [0.05, 0.1) is 6.61 Å². The summed E-state index contributed by atoms with van der Waals surface area (Å²) in [5.41, 5.74) is 8.03. The zero-order valence-electron chi connectivity index (χ0n) is 10.1. The highest BCUT2D eigenvalue weighted by Gasteiger charge is 2.20. The van der Waals surface area contributed by atoms with Gasteiger partial charge in [-0.05, 0) is 42.5 Å². The number of phenolic OH excluding ortho intramolecular Hbond substituents is 1. The quantitative estimate of drug-likeness (QED) is 0.680. The van der Waals surface area contributed by atoms with E-state index in [-0.39, 0.29) is 24.8 Å². The molecule has 0 bridgehead atoms. The summed E-state index contributed by atoms with van der Waals surface area (Å²) >= 11 is 0. The predicted molar refractivity (Wildman–Crippen MR) is 65.9 cm³/mol. The molecule has 0 spiro atoms. The highest BCUT2D eigenvalue weighted by Crippen LogP contribution is 2.33. The molecule has 0 amide bonds. The van der Waals surface area contributed by atoms with E-state index < -0.39 is 5.97 Å². The number of nitrogens with two attached hydrogens (primary N) is 1. The lowest BCUT2D eigenvalue weighted by Gasteiger charge is -2.09. The van der Waals surface area contributed by atoms with Crippen LogP contribution in [0.1, 0.15) is 24.0 Å². The third-order valence-electron chi connectivity index (χ3n) is 3.04. The van der Waals surface area contributed by atoms with Crippen molar-refractivity contribution < 1.29 is 19.7 Å². The number of hydrogen-bond donors (Lipinski definition) is 3. The maximum atomic E-state index is 10.3. The number of hydrogen-bond acceptors (Lipinski definition) is 4. The number of carboxylic acids is 1. The molecule has 1 aromatic carbocycles. The molecule has 0 saturated heterocycles. The molecule has 0 heterocycles. The standard InChI is InChI=1S/C13H17NO4/c14-10-4-8-6-11(15)12(7-9(8)5-10)18-3-1-2-13(16)17/h6-7,10,15H,1-5,14H2,(H,16,17). The Kier molecular flexibility index (Phi) is 3.72. The van der Waals surface area contributed by atoms with E-state index in [1.807, 2.05) is 0 Å². The molecule has 0 radical (unpaired) electrons. The molecule has 0 aliphatic heterocycles. The van der Waals surface area contributed by atoms with Gasteiger partial charge >= 0.3 is 5.97 Å². The number of aromatic hydroxyl groups is 1. The topological polar surface area (TPSA) is 92.8 Å². The van der Waals surface area contributed by atoms with E-state index in [9.17, 15) is 9.90 Å². The number of aliphatic carboxylic acids is 1. The van der Waals surface area contributed by atoms with Crippen LogP contribution in [-0.2, 0) is 17.6 Å². The second-order valence-corrected chi connectivity index (χ2v) is 4.60. The summed E-state index contributed by atoms with van der Waals surface area (Å²) in [6.45, 7) is 0.282. The molecule has 1 atom stereocenters. The number of fused-ring (bicyclic) bond motifs is 1. The van der Waals surface area contributed by atoms with Crippen molar-refractivity contribution in [2.75, 3.05) is 6.61 Å². The van der Waals surface area contributed by atoms with Crippen molar-refractivity contribution in [1.82, 2.24) is 0 Å². The average molecular weight is 251 g/mol. The van der Waals surface area contributed by atoms with E-state index in [1.54, 1.807) is 12.1 Å². The number of ether oxygens (including phenoxy) is 1. The fraction of sp³-hybridized carbons (Fsp3) is 0.462. The summed E-state index contributed by atoms with van der Waals surface area (Å²) in [6.07, 6.45) is 2.06. The summed E-state index contributed by atoms with van der Waals surface area (Å²) in [6, 6.07) is 3.61. The number of benzene rings is 1. The second-order valence-electron chi connectivity index (χ2n) is 4.60. The van der Waals surface area contributed by atoms with E-state index in [0.29, 0.717) is 12.2 Å². The first-order chi connectivity index (χ1) is 8.56. The number of carbonyl (C=O) groups is 1. The van der Waals surface area contributed by atoms with Crippen LogP contribution in [0.4, 0.5) is 0 Å². The Hall–Kier alpha value is -1.75. The Balaban J connectivity index is 1.97. The van der Waals surface area contributed by atoms with Crippen molar-refractivity contribution in [3.63, 3.8) is 0 Å². The molecule has 1 aliphatic rings. The zero-order chi connectivity index (χ0) is 13.1. The van der Waals surface area contributed by atoms with Crippen molar-refractivity contribution in [3.8, 4) is 11.5 Å². The fourth-order valence-electron chi connectivity index (χ4n) is 2.19. The van der Waals surface area contributed by atoms with Gasteiger partial charge < -0.3 is 20.7 Å². The van der Waals surface area contributed by atoms with E-state index in [0.717, 1.165) is 24.0 Å². The first kappa shape index (κ1) is 12.7. The third-order valence-corrected chi connectivity index (χ3v) is 3.04. The molecular weight excluding hydrogens is 234 g/mol. The van der Waals surface area contributed by atoms with Crippen LogP contribution in [0.3, 0.4) is 0 Å². The molecule has 0 saturated carbocycles. The van der Waals surface area contributed by atoms with Gasteiger partial charge in [-0.3, -0.25) is 4.79 Å². The average Bonchev–Trinajstić information content (AvgIpc) is 2.63. The van der Waals surface area contributed by atoms with Crippen LogP contribution in [-0.4, -0.2) is 28.8 Å². The molecule has 5 nitrogen and oxygen atoms in total. The van der Waals surface area contributed by atoms with Gasteiger partial charge in [0, 0.05) is 12.5 Å². The van der Waals surface area contributed by atoms with Gasteiger partial charge in [-0.2, -0.15) is 0 Å². The first-order valence-electron chi connectivity index (χ1n) is 6.01. The largest absolute Gasteiger partial charge is 0.504 e. The number of phenols is 1. The Morgan fingerprint density at radius 3 is 2.72 bits per heavy atom. The minimum atomic E-state index is -0.845. The summed E-state index contributed by atoms with van der Waals surface area (Å²) in [5.74, 6) is -0.339. The van der Waals surface area contributed by atoms with Crippen molar-refractivity contribution in [1.29, 1.82) is 0 Å². The molecule has 1 aromatic rings. The molecule has 2 rings (SSSR count). The molecule has 1 unspecified atom stereocenters. The summed E-state index contributed by atoms with van der Waals surface area (Å²) in [7, 11) is 0. The molecule has 0 fully saturated rings. The van der Waals surface area contributed by atoms with Crippen LogP contribution in [0.2, 0.25) is 0 Å². The minimum Gasteiger partial charge on any atom is -0.504 e. The van der Waals surface area contributed by atoms with E-state index in [2.05, 4.69) is 0 Å². The van der Waals surface area contributed by atoms with Crippen LogP contribution in [0.25, 0.3) is 0 Å². The fourth-order valence-corrected chi connectivity index (χ4v) is 2.19. The van der Waals surface area contributed by atoms with E-state index in [4.69, 9.17) is 15.6 Å². The monoisotopic (exact) mass is 251 g/mol. The van der Waals surface area contributed by atoms with Gasteiger partial charge in [0.1, 0.15) is 0 Å². The third kappa shape index (κ3) is 2.92. The molecule has 1 aliphatic carbocycles. The lowest BCUT2D eigenvalue weighted by atomic mass is 10.1.